The summed E-state index contributed by atoms with van der Waals surface area (Å²) in [4.78, 5) is 26.4. The number of aromatic nitrogens is 1. The highest BCUT2D eigenvalue weighted by molar-refractivity contribution is 5.92. The number of benzene rings is 1. The van der Waals surface area contributed by atoms with Gasteiger partial charge in [0.05, 0.1) is 7.11 Å². The van der Waals surface area contributed by atoms with Crippen molar-refractivity contribution in [2.24, 2.45) is 13.0 Å². The molecule has 1 aliphatic rings. The van der Waals surface area contributed by atoms with E-state index in [-0.39, 0.29) is 11.3 Å². The van der Waals surface area contributed by atoms with E-state index in [4.69, 9.17) is 4.74 Å². The van der Waals surface area contributed by atoms with Crippen LogP contribution in [-0.4, -0.2) is 35.6 Å². The number of carbonyl (C=O) groups is 1. The molecule has 2 aromatic rings. The standard InChI is InChI=1S/C20H24N2O3/c1-14-10-17(23)12-19(21(14)2)20(24)22-9-8-16(13-22)11-15-4-6-18(25-3)7-5-15/h4-7,10,12,16H,8-9,11,13H2,1-3H3. The number of methoxy groups -OCH3 is 1. The molecule has 1 aliphatic heterocycles. The first-order chi connectivity index (χ1) is 12.0. The number of ether oxygens (including phenoxy) is 1. The lowest BCUT2D eigenvalue weighted by Gasteiger charge is -2.19. The quantitative estimate of drug-likeness (QED) is 0.859. The van der Waals surface area contributed by atoms with Crippen LogP contribution in [0.15, 0.2) is 41.2 Å². The molecular formula is C20H24N2O3. The predicted octanol–water partition coefficient (Wildman–Crippen LogP) is 2.41. The van der Waals surface area contributed by atoms with Crippen molar-refractivity contribution in [1.82, 2.24) is 9.47 Å². The fourth-order valence-corrected chi connectivity index (χ4v) is 3.41. The van der Waals surface area contributed by atoms with Gasteiger partial charge in [0.1, 0.15) is 11.4 Å². The number of pyridine rings is 1. The Labute approximate surface area is 147 Å². The number of nitrogens with zero attached hydrogens (tertiary/aromatic N) is 2. The van der Waals surface area contributed by atoms with E-state index in [0.717, 1.165) is 37.4 Å². The van der Waals surface area contributed by atoms with Gasteiger partial charge in [0.15, 0.2) is 5.43 Å². The summed E-state index contributed by atoms with van der Waals surface area (Å²) in [5, 5.41) is 0. The number of rotatable bonds is 4. The third-order valence-corrected chi connectivity index (χ3v) is 5.00. The van der Waals surface area contributed by atoms with Crippen LogP contribution in [0.5, 0.6) is 5.75 Å². The lowest BCUT2D eigenvalue weighted by atomic mass is 9.99. The van der Waals surface area contributed by atoms with Crippen molar-refractivity contribution in [3.8, 4) is 5.75 Å². The second-order valence-corrected chi connectivity index (χ2v) is 6.73. The molecule has 1 unspecified atom stereocenters. The first-order valence-corrected chi connectivity index (χ1v) is 8.58. The molecule has 0 radical (unpaired) electrons. The number of hydrogen-bond donors (Lipinski definition) is 0. The minimum Gasteiger partial charge on any atom is -0.497 e. The molecule has 2 heterocycles. The van der Waals surface area contributed by atoms with Crippen LogP contribution < -0.4 is 10.2 Å². The Hall–Kier alpha value is -2.56. The summed E-state index contributed by atoms with van der Waals surface area (Å²) in [7, 11) is 3.49. The van der Waals surface area contributed by atoms with Gasteiger partial charge in [-0.2, -0.15) is 0 Å². The molecule has 0 saturated carbocycles. The maximum absolute atomic E-state index is 12.8. The Morgan fingerprint density at radius 2 is 1.96 bits per heavy atom. The lowest BCUT2D eigenvalue weighted by Crippen LogP contribution is -2.32. The van der Waals surface area contributed by atoms with E-state index in [1.165, 1.54) is 11.6 Å². The minimum atomic E-state index is -0.118. The largest absolute Gasteiger partial charge is 0.497 e. The fraction of sp³-hybridized carbons (Fsp3) is 0.400. The summed E-state index contributed by atoms with van der Waals surface area (Å²) < 4.78 is 6.98. The Bertz CT molecular complexity index is 824. The van der Waals surface area contributed by atoms with Crippen molar-refractivity contribution in [2.75, 3.05) is 20.2 Å². The normalized spacial score (nSPS) is 16.9. The van der Waals surface area contributed by atoms with Crippen molar-refractivity contribution < 1.29 is 9.53 Å². The summed E-state index contributed by atoms with van der Waals surface area (Å²) in [6, 6.07) is 11.1. The van der Waals surface area contributed by atoms with Crippen molar-refractivity contribution in [3.05, 3.63) is 63.6 Å². The first kappa shape index (κ1) is 17.3. The fourth-order valence-electron chi connectivity index (χ4n) is 3.41. The van der Waals surface area contributed by atoms with E-state index in [0.29, 0.717) is 11.6 Å². The van der Waals surface area contributed by atoms with Gasteiger partial charge in [-0.15, -0.1) is 0 Å². The molecule has 3 rings (SSSR count). The second kappa shape index (κ2) is 7.13. The van der Waals surface area contributed by atoms with Gasteiger partial charge in [0.2, 0.25) is 0 Å². The Morgan fingerprint density at radius 3 is 2.64 bits per heavy atom. The third kappa shape index (κ3) is 3.76. The zero-order chi connectivity index (χ0) is 18.0. The summed E-state index contributed by atoms with van der Waals surface area (Å²) in [6.07, 6.45) is 1.93. The maximum atomic E-state index is 12.8. The van der Waals surface area contributed by atoms with Crippen molar-refractivity contribution in [1.29, 1.82) is 0 Å². The Balaban J connectivity index is 1.68. The van der Waals surface area contributed by atoms with Crippen LogP contribution in [0.25, 0.3) is 0 Å². The van der Waals surface area contributed by atoms with E-state index < -0.39 is 0 Å². The third-order valence-electron chi connectivity index (χ3n) is 5.00. The maximum Gasteiger partial charge on any atom is 0.270 e. The second-order valence-electron chi connectivity index (χ2n) is 6.73. The highest BCUT2D eigenvalue weighted by Gasteiger charge is 2.28. The zero-order valence-corrected chi connectivity index (χ0v) is 15.0. The number of likely N-dealkylation sites (tertiary alicyclic amines) is 1. The van der Waals surface area contributed by atoms with Gasteiger partial charge in [0, 0.05) is 38.0 Å². The summed E-state index contributed by atoms with van der Waals surface area (Å²) >= 11 is 0. The van der Waals surface area contributed by atoms with E-state index in [1.807, 2.05) is 31.0 Å². The average molecular weight is 340 g/mol. The van der Waals surface area contributed by atoms with Gasteiger partial charge in [-0.25, -0.2) is 0 Å². The topological polar surface area (TPSA) is 51.5 Å². The molecule has 1 atom stereocenters. The average Bonchev–Trinajstić information content (AvgIpc) is 3.06. The number of aryl methyl sites for hydroxylation is 1. The zero-order valence-electron chi connectivity index (χ0n) is 15.0. The van der Waals surface area contributed by atoms with Gasteiger partial charge in [-0.3, -0.25) is 9.59 Å². The highest BCUT2D eigenvalue weighted by Crippen LogP contribution is 2.23. The summed E-state index contributed by atoms with van der Waals surface area (Å²) in [6.45, 7) is 3.31. The Kier molecular flexibility index (Phi) is 4.93. The molecule has 0 bridgehead atoms. The molecule has 1 fully saturated rings. The molecule has 1 aromatic carbocycles. The van der Waals surface area contributed by atoms with Crippen LogP contribution in [0.4, 0.5) is 0 Å². The monoisotopic (exact) mass is 340 g/mol. The molecule has 1 amide bonds. The Morgan fingerprint density at radius 1 is 1.24 bits per heavy atom. The first-order valence-electron chi connectivity index (χ1n) is 8.58. The minimum absolute atomic E-state index is 0.0551. The lowest BCUT2D eigenvalue weighted by molar-refractivity contribution is 0.0776. The predicted molar refractivity (Wildman–Crippen MR) is 97.1 cm³/mol. The van der Waals surface area contributed by atoms with Crippen molar-refractivity contribution >= 4 is 5.91 Å². The number of carbonyl (C=O) groups excluding carboxylic acids is 1. The SMILES string of the molecule is COc1ccc(CC2CCN(C(=O)c3cc(=O)cc(C)n3C)C2)cc1. The molecule has 1 saturated heterocycles. The molecule has 0 N–H and O–H groups in total. The van der Waals surface area contributed by atoms with Crippen LogP contribution in [0, 0.1) is 12.8 Å². The van der Waals surface area contributed by atoms with Crippen LogP contribution >= 0.6 is 0 Å². The van der Waals surface area contributed by atoms with E-state index in [2.05, 4.69) is 12.1 Å². The van der Waals surface area contributed by atoms with Gasteiger partial charge in [0.25, 0.3) is 5.91 Å². The molecule has 0 spiro atoms. The van der Waals surface area contributed by atoms with Gasteiger partial charge >= 0.3 is 0 Å². The van der Waals surface area contributed by atoms with Gasteiger partial charge < -0.3 is 14.2 Å². The van der Waals surface area contributed by atoms with E-state index >= 15 is 0 Å². The molecule has 0 aliphatic carbocycles. The molecule has 132 valence electrons. The number of amides is 1. The van der Waals surface area contributed by atoms with Gasteiger partial charge in [-0.05, 0) is 43.4 Å². The van der Waals surface area contributed by atoms with Gasteiger partial charge in [-0.1, -0.05) is 12.1 Å². The van der Waals surface area contributed by atoms with Crippen LogP contribution in [0.3, 0.4) is 0 Å². The number of hydrogen-bond acceptors (Lipinski definition) is 3. The smallest absolute Gasteiger partial charge is 0.270 e. The summed E-state index contributed by atoms with van der Waals surface area (Å²) in [5.74, 6) is 1.24. The van der Waals surface area contributed by atoms with Crippen LogP contribution in [0.1, 0.15) is 28.2 Å². The molecule has 5 nitrogen and oxygen atoms in total. The highest BCUT2D eigenvalue weighted by atomic mass is 16.5. The van der Waals surface area contributed by atoms with Crippen LogP contribution in [0.2, 0.25) is 0 Å². The molecule has 5 heteroatoms. The molecule has 1 aromatic heterocycles. The van der Waals surface area contributed by atoms with Crippen molar-refractivity contribution in [3.63, 3.8) is 0 Å². The molecule has 25 heavy (non-hydrogen) atoms. The van der Waals surface area contributed by atoms with E-state index in [9.17, 15) is 9.59 Å². The van der Waals surface area contributed by atoms with Crippen molar-refractivity contribution in [2.45, 2.75) is 19.8 Å². The molecular weight excluding hydrogens is 316 g/mol. The van der Waals surface area contributed by atoms with E-state index in [1.54, 1.807) is 17.7 Å². The summed E-state index contributed by atoms with van der Waals surface area (Å²) in [5.41, 5.74) is 2.40. The van der Waals surface area contributed by atoms with Crippen LogP contribution in [-0.2, 0) is 13.5 Å².